The average Bonchev–Trinajstić information content (AvgIpc) is 2.60. The number of halogens is 4. The van der Waals surface area contributed by atoms with Crippen LogP contribution in [0.15, 0.2) is 42.5 Å². The van der Waals surface area contributed by atoms with Gasteiger partial charge in [0.15, 0.2) is 0 Å². The second kappa shape index (κ2) is 8.23. The molecule has 8 heteroatoms. The van der Waals surface area contributed by atoms with Gasteiger partial charge in [-0.25, -0.2) is 4.79 Å². The SMILES string of the molecule is COC(=O)c1cc(I)cc(C#Cc2ccccc2)c1NC(=O)C(F)(F)F. The molecule has 1 N–H and O–H groups in total. The lowest BCUT2D eigenvalue weighted by Crippen LogP contribution is -2.31. The molecule has 134 valence electrons. The van der Waals surface area contributed by atoms with Crippen LogP contribution in [0.3, 0.4) is 0 Å². The van der Waals surface area contributed by atoms with Gasteiger partial charge in [0, 0.05) is 9.13 Å². The van der Waals surface area contributed by atoms with Crippen molar-refractivity contribution >= 4 is 40.2 Å². The minimum absolute atomic E-state index is 0.0683. The minimum atomic E-state index is -5.11. The molecule has 0 heterocycles. The molecule has 2 aromatic carbocycles. The predicted octanol–water partition coefficient (Wildman–Crippen LogP) is 3.98. The van der Waals surface area contributed by atoms with Gasteiger partial charge in [0.2, 0.25) is 0 Å². The summed E-state index contributed by atoms with van der Waals surface area (Å²) in [5.41, 5.74) is 0.134. The Morgan fingerprint density at radius 2 is 1.77 bits per heavy atom. The molecular weight excluding hydrogens is 462 g/mol. The van der Waals surface area contributed by atoms with Gasteiger partial charge < -0.3 is 10.1 Å². The van der Waals surface area contributed by atoms with Gasteiger partial charge in [0.25, 0.3) is 0 Å². The summed E-state index contributed by atoms with van der Waals surface area (Å²) < 4.78 is 43.1. The molecule has 0 saturated heterocycles. The lowest BCUT2D eigenvalue weighted by atomic mass is 10.1. The highest BCUT2D eigenvalue weighted by molar-refractivity contribution is 14.1. The number of alkyl halides is 3. The monoisotopic (exact) mass is 473 g/mol. The largest absolute Gasteiger partial charge is 0.471 e. The topological polar surface area (TPSA) is 55.4 Å². The Morgan fingerprint density at radius 3 is 2.35 bits per heavy atom. The Balaban J connectivity index is 2.59. The van der Waals surface area contributed by atoms with Crippen LogP contribution in [0.4, 0.5) is 18.9 Å². The predicted molar refractivity (Wildman–Crippen MR) is 97.6 cm³/mol. The van der Waals surface area contributed by atoms with Crippen LogP contribution in [0.5, 0.6) is 0 Å². The summed E-state index contributed by atoms with van der Waals surface area (Å²) in [6, 6.07) is 11.5. The molecule has 1 amide bonds. The number of anilines is 1. The van der Waals surface area contributed by atoms with Crippen LogP contribution < -0.4 is 5.32 Å². The third kappa shape index (κ3) is 4.98. The maximum Gasteiger partial charge on any atom is 0.471 e. The van der Waals surface area contributed by atoms with Gasteiger partial charge >= 0.3 is 18.1 Å². The molecule has 0 radical (unpaired) electrons. The molecule has 0 unspecified atom stereocenters. The van der Waals surface area contributed by atoms with Gasteiger partial charge in [-0.05, 0) is 46.9 Å². The van der Waals surface area contributed by atoms with Gasteiger partial charge in [0.1, 0.15) is 0 Å². The quantitative estimate of drug-likeness (QED) is 0.408. The van der Waals surface area contributed by atoms with Crippen molar-refractivity contribution < 1.29 is 27.5 Å². The molecule has 0 aliphatic carbocycles. The van der Waals surface area contributed by atoms with E-state index in [4.69, 9.17) is 0 Å². The summed E-state index contributed by atoms with van der Waals surface area (Å²) in [7, 11) is 1.09. The van der Waals surface area contributed by atoms with E-state index in [2.05, 4.69) is 16.6 Å². The standard InChI is InChI=1S/C18H11F3INO3/c1-26-16(24)14-10-13(22)9-12(8-7-11-5-3-2-4-6-11)15(14)23-17(25)18(19,20)21/h2-6,9-10H,1H3,(H,23,25). The number of methoxy groups -OCH3 is 1. The normalized spacial score (nSPS) is 10.5. The molecule has 26 heavy (non-hydrogen) atoms. The van der Waals surface area contributed by atoms with Crippen LogP contribution in [0.25, 0.3) is 0 Å². The van der Waals surface area contributed by atoms with Crippen molar-refractivity contribution in [2.75, 3.05) is 12.4 Å². The second-order valence-corrected chi connectivity index (χ2v) is 6.18. The zero-order chi connectivity index (χ0) is 19.3. The van der Waals surface area contributed by atoms with Gasteiger partial charge in [0.05, 0.1) is 23.9 Å². The molecule has 0 fully saturated rings. The molecule has 0 aliphatic rings. The van der Waals surface area contributed by atoms with Gasteiger partial charge in [-0.15, -0.1) is 0 Å². The third-order valence-electron chi connectivity index (χ3n) is 3.12. The molecule has 0 bridgehead atoms. The fourth-order valence-electron chi connectivity index (χ4n) is 1.96. The molecule has 4 nitrogen and oxygen atoms in total. The zero-order valence-electron chi connectivity index (χ0n) is 13.3. The highest BCUT2D eigenvalue weighted by atomic mass is 127. The number of nitrogens with one attached hydrogen (secondary N) is 1. The van der Waals surface area contributed by atoms with Crippen LogP contribution in [0, 0.1) is 15.4 Å². The van der Waals surface area contributed by atoms with E-state index < -0.39 is 18.1 Å². The van der Waals surface area contributed by atoms with Gasteiger partial charge in [-0.2, -0.15) is 13.2 Å². The molecule has 0 aliphatic heterocycles. The fraction of sp³-hybridized carbons (Fsp3) is 0.111. The Labute approximate surface area is 160 Å². The van der Waals surface area contributed by atoms with Crippen molar-refractivity contribution in [3.8, 4) is 11.8 Å². The Bertz CT molecular complexity index is 900. The van der Waals surface area contributed by atoms with E-state index in [9.17, 15) is 22.8 Å². The van der Waals surface area contributed by atoms with Gasteiger partial charge in [-0.1, -0.05) is 30.0 Å². The number of amides is 1. The number of esters is 1. The molecule has 0 aromatic heterocycles. The average molecular weight is 473 g/mol. The van der Waals surface area contributed by atoms with Crippen LogP contribution in [-0.2, 0) is 9.53 Å². The Kier molecular flexibility index (Phi) is 6.26. The first-order valence-corrected chi connectivity index (χ1v) is 8.17. The number of ether oxygens (including phenoxy) is 1. The zero-order valence-corrected chi connectivity index (χ0v) is 15.4. The molecular formula is C18H11F3INO3. The van der Waals surface area contributed by atoms with Crippen molar-refractivity contribution in [1.29, 1.82) is 0 Å². The maximum atomic E-state index is 12.6. The van der Waals surface area contributed by atoms with Crippen molar-refractivity contribution in [2.45, 2.75) is 6.18 Å². The van der Waals surface area contributed by atoms with Crippen molar-refractivity contribution in [3.05, 3.63) is 62.7 Å². The summed E-state index contributed by atoms with van der Waals surface area (Å²) >= 11 is 1.89. The van der Waals surface area contributed by atoms with E-state index in [-0.39, 0.29) is 16.8 Å². The number of carbonyl (C=O) groups is 2. The smallest absolute Gasteiger partial charge is 0.465 e. The van der Waals surface area contributed by atoms with E-state index in [1.54, 1.807) is 35.6 Å². The first-order valence-electron chi connectivity index (χ1n) is 7.09. The van der Waals surface area contributed by atoms with Crippen LogP contribution in [-0.4, -0.2) is 25.2 Å². The van der Waals surface area contributed by atoms with E-state index in [1.165, 1.54) is 12.1 Å². The fourth-order valence-corrected chi connectivity index (χ4v) is 2.58. The lowest BCUT2D eigenvalue weighted by molar-refractivity contribution is -0.167. The summed E-state index contributed by atoms with van der Waals surface area (Å²) in [5, 5.41) is 1.73. The number of hydrogen-bond acceptors (Lipinski definition) is 3. The van der Waals surface area contributed by atoms with E-state index in [1.807, 2.05) is 22.6 Å². The molecule has 0 saturated carbocycles. The van der Waals surface area contributed by atoms with Crippen molar-refractivity contribution in [2.24, 2.45) is 0 Å². The van der Waals surface area contributed by atoms with E-state index in [0.717, 1.165) is 7.11 Å². The summed E-state index contributed by atoms with van der Waals surface area (Å²) in [4.78, 5) is 23.3. The number of benzene rings is 2. The van der Waals surface area contributed by atoms with Crippen molar-refractivity contribution in [3.63, 3.8) is 0 Å². The van der Waals surface area contributed by atoms with Crippen molar-refractivity contribution in [1.82, 2.24) is 0 Å². The Hall–Kier alpha value is -2.54. The highest BCUT2D eigenvalue weighted by Crippen LogP contribution is 2.27. The highest BCUT2D eigenvalue weighted by Gasteiger charge is 2.39. The van der Waals surface area contributed by atoms with Crippen LogP contribution in [0.2, 0.25) is 0 Å². The summed E-state index contributed by atoms with van der Waals surface area (Å²) in [6.07, 6.45) is -5.11. The maximum absolute atomic E-state index is 12.6. The van der Waals surface area contributed by atoms with Crippen LogP contribution >= 0.6 is 22.6 Å². The van der Waals surface area contributed by atoms with Gasteiger partial charge in [-0.3, -0.25) is 4.79 Å². The summed E-state index contributed by atoms with van der Waals surface area (Å²) in [6.45, 7) is 0. The molecule has 0 atom stereocenters. The van der Waals surface area contributed by atoms with Crippen LogP contribution in [0.1, 0.15) is 21.5 Å². The lowest BCUT2D eigenvalue weighted by Gasteiger charge is -2.14. The minimum Gasteiger partial charge on any atom is -0.465 e. The number of carbonyl (C=O) groups excluding carboxylic acids is 2. The summed E-state index contributed by atoms with van der Waals surface area (Å²) in [5.74, 6) is 2.40. The van der Waals surface area contributed by atoms with E-state index in [0.29, 0.717) is 9.13 Å². The third-order valence-corrected chi connectivity index (χ3v) is 3.74. The first kappa shape index (κ1) is 19.8. The Morgan fingerprint density at radius 1 is 1.12 bits per heavy atom. The second-order valence-electron chi connectivity index (χ2n) is 4.94. The number of rotatable bonds is 2. The number of hydrogen-bond donors (Lipinski definition) is 1. The van der Waals surface area contributed by atoms with E-state index >= 15 is 0 Å². The molecule has 2 rings (SSSR count). The molecule has 0 spiro atoms. The first-order chi connectivity index (χ1) is 12.2. The molecule has 2 aromatic rings.